The van der Waals surface area contributed by atoms with E-state index in [9.17, 15) is 0 Å². The summed E-state index contributed by atoms with van der Waals surface area (Å²) in [5.74, 6) is 0.708. The van der Waals surface area contributed by atoms with Gasteiger partial charge in [0, 0.05) is 58.7 Å². The van der Waals surface area contributed by atoms with Crippen LogP contribution in [0.3, 0.4) is 0 Å². The highest BCUT2D eigenvalue weighted by atomic mass is 32.1. The molecule has 5 heteroatoms. The van der Waals surface area contributed by atoms with Gasteiger partial charge in [-0.05, 0) is 36.4 Å². The smallest absolute Gasteiger partial charge is 0.160 e. The molecule has 4 aromatic heterocycles. The van der Waals surface area contributed by atoms with Crippen molar-refractivity contribution in [3.63, 3.8) is 0 Å². The Bertz CT molecular complexity index is 3030. The van der Waals surface area contributed by atoms with E-state index >= 15 is 0 Å². The first-order chi connectivity index (χ1) is 25.3. The Morgan fingerprint density at radius 3 is 1.86 bits per heavy atom. The Labute approximate surface area is 296 Å². The normalized spacial score (nSPS) is 11.9. The fourth-order valence-corrected chi connectivity index (χ4v) is 8.99. The fraction of sp³-hybridized carbons (Fsp3) is 0. The average Bonchev–Trinajstić information content (AvgIpc) is 3.88. The summed E-state index contributed by atoms with van der Waals surface area (Å²) >= 11 is 1.85. The lowest BCUT2D eigenvalue weighted by atomic mass is 10.0. The van der Waals surface area contributed by atoms with E-state index < -0.39 is 0 Å². The van der Waals surface area contributed by atoms with Crippen LogP contribution in [0.2, 0.25) is 0 Å². The van der Waals surface area contributed by atoms with Crippen LogP contribution in [0.15, 0.2) is 168 Å². The van der Waals surface area contributed by atoms with Crippen LogP contribution in [0, 0.1) is 0 Å². The highest BCUT2D eigenvalue weighted by Gasteiger charge is 2.25. The van der Waals surface area contributed by atoms with Crippen LogP contribution in [0.25, 0.3) is 104 Å². The fourth-order valence-electron chi connectivity index (χ4n) is 7.73. The van der Waals surface area contributed by atoms with Crippen molar-refractivity contribution in [2.24, 2.45) is 0 Å². The van der Waals surface area contributed by atoms with Crippen LogP contribution < -0.4 is 0 Å². The van der Waals surface area contributed by atoms with Crippen LogP contribution in [-0.4, -0.2) is 14.5 Å². The van der Waals surface area contributed by atoms with E-state index in [1.807, 2.05) is 47.7 Å². The summed E-state index contributed by atoms with van der Waals surface area (Å²) in [6.07, 6.45) is 0. The number of thiophene rings is 1. The van der Waals surface area contributed by atoms with Gasteiger partial charge in [-0.25, -0.2) is 9.97 Å². The summed E-state index contributed by atoms with van der Waals surface area (Å²) in [5, 5.41) is 7.20. The zero-order valence-electron chi connectivity index (χ0n) is 27.2. The Balaban J connectivity index is 1.18. The molecule has 0 amide bonds. The second kappa shape index (κ2) is 11.0. The molecule has 0 aliphatic heterocycles. The van der Waals surface area contributed by atoms with Crippen molar-refractivity contribution in [2.45, 2.75) is 0 Å². The molecular weight excluding hydrogens is 643 g/mol. The Morgan fingerprint density at radius 1 is 0.490 bits per heavy atom. The predicted molar refractivity (Wildman–Crippen MR) is 213 cm³/mol. The zero-order valence-corrected chi connectivity index (χ0v) is 28.1. The quantitative estimate of drug-likeness (QED) is 0.187. The Kier molecular flexibility index (Phi) is 6.09. The van der Waals surface area contributed by atoms with Crippen LogP contribution in [0.1, 0.15) is 0 Å². The van der Waals surface area contributed by atoms with E-state index in [-0.39, 0.29) is 0 Å². The minimum absolute atomic E-state index is 0.708. The van der Waals surface area contributed by atoms with Crippen molar-refractivity contribution in [3.8, 4) is 39.6 Å². The number of hydrogen-bond acceptors (Lipinski definition) is 4. The van der Waals surface area contributed by atoms with Gasteiger partial charge >= 0.3 is 0 Å². The number of aromatic nitrogens is 3. The van der Waals surface area contributed by atoms with Gasteiger partial charge < -0.3 is 8.98 Å². The van der Waals surface area contributed by atoms with Gasteiger partial charge in [0.15, 0.2) is 5.82 Å². The van der Waals surface area contributed by atoms with Gasteiger partial charge in [-0.1, -0.05) is 127 Å². The number of benzene rings is 7. The minimum atomic E-state index is 0.708. The molecular formula is C46H27N3OS. The van der Waals surface area contributed by atoms with E-state index in [0.29, 0.717) is 5.82 Å². The van der Waals surface area contributed by atoms with Gasteiger partial charge in [0.1, 0.15) is 11.2 Å². The van der Waals surface area contributed by atoms with Gasteiger partial charge in [-0.3, -0.25) is 0 Å². The lowest BCUT2D eigenvalue weighted by Gasteiger charge is -2.12. The molecule has 0 fully saturated rings. The van der Waals surface area contributed by atoms with Crippen LogP contribution in [0.4, 0.5) is 0 Å². The standard InChI is InChI=1S/C46H27N3OS/c1-3-13-28(14-4-1)35-27-36(48-46(47-35)30-15-5-2-6-16-30)29-23-25-31(26-24-29)49-37-20-10-7-17-32(37)40-43(49)41-34-19-9-12-22-39(34)51-45(41)42-33-18-8-11-21-38(33)50-44(40)42/h1-27H. The van der Waals surface area contributed by atoms with E-state index in [4.69, 9.17) is 14.4 Å². The highest BCUT2D eigenvalue weighted by molar-refractivity contribution is 7.27. The van der Waals surface area contributed by atoms with Crippen molar-refractivity contribution in [3.05, 3.63) is 164 Å². The first-order valence-corrected chi connectivity index (χ1v) is 17.9. The molecule has 11 rings (SSSR count). The van der Waals surface area contributed by atoms with Crippen molar-refractivity contribution in [1.82, 2.24) is 14.5 Å². The molecule has 238 valence electrons. The predicted octanol–water partition coefficient (Wildman–Crippen LogP) is 12.8. The first kappa shape index (κ1) is 28.3. The molecule has 11 aromatic rings. The lowest BCUT2D eigenvalue weighted by Crippen LogP contribution is -1.97. The topological polar surface area (TPSA) is 43.9 Å². The number of fused-ring (bicyclic) bond motifs is 12. The Hall–Kier alpha value is -6.56. The highest BCUT2D eigenvalue weighted by Crippen LogP contribution is 2.50. The number of nitrogens with zero attached hydrogens (tertiary/aromatic N) is 3. The van der Waals surface area contributed by atoms with Gasteiger partial charge in [0.25, 0.3) is 0 Å². The average molecular weight is 670 g/mol. The molecule has 0 bridgehead atoms. The largest absolute Gasteiger partial charge is 0.455 e. The third kappa shape index (κ3) is 4.25. The molecule has 4 nitrogen and oxygen atoms in total. The van der Waals surface area contributed by atoms with Crippen molar-refractivity contribution < 1.29 is 4.42 Å². The molecule has 4 heterocycles. The summed E-state index contributed by atoms with van der Waals surface area (Å²) in [4.78, 5) is 10.1. The SMILES string of the molecule is c1ccc(-c2cc(-c3ccc(-n4c5ccccc5c5c6oc7ccccc7c6c6sc7ccccc7c6c54)cc3)nc(-c3ccccc3)n2)cc1. The van der Waals surface area contributed by atoms with Crippen LogP contribution >= 0.6 is 11.3 Å². The van der Waals surface area contributed by atoms with Crippen LogP contribution in [-0.2, 0) is 0 Å². The van der Waals surface area contributed by atoms with E-state index in [2.05, 4.69) is 132 Å². The molecule has 0 atom stereocenters. The molecule has 0 aliphatic rings. The van der Waals surface area contributed by atoms with E-state index in [1.165, 1.54) is 36.5 Å². The van der Waals surface area contributed by atoms with Gasteiger partial charge in [-0.2, -0.15) is 0 Å². The molecule has 7 aromatic carbocycles. The minimum Gasteiger partial charge on any atom is -0.455 e. The molecule has 51 heavy (non-hydrogen) atoms. The Morgan fingerprint density at radius 2 is 1.10 bits per heavy atom. The van der Waals surface area contributed by atoms with Crippen molar-refractivity contribution in [2.75, 3.05) is 0 Å². The molecule has 0 radical (unpaired) electrons. The number of para-hydroxylation sites is 2. The molecule has 0 aliphatic carbocycles. The second-order valence-corrected chi connectivity index (χ2v) is 14.0. The van der Waals surface area contributed by atoms with Crippen molar-refractivity contribution >= 4 is 75.3 Å². The van der Waals surface area contributed by atoms with Gasteiger partial charge in [0.2, 0.25) is 0 Å². The monoisotopic (exact) mass is 669 g/mol. The number of rotatable bonds is 4. The van der Waals surface area contributed by atoms with E-state index in [1.54, 1.807) is 0 Å². The third-order valence-corrected chi connectivity index (χ3v) is 11.2. The van der Waals surface area contributed by atoms with Gasteiger partial charge in [0.05, 0.1) is 27.8 Å². The molecule has 0 saturated heterocycles. The molecule has 0 saturated carbocycles. The summed E-state index contributed by atoms with van der Waals surface area (Å²) in [6, 6.07) is 57.3. The summed E-state index contributed by atoms with van der Waals surface area (Å²) in [5.41, 5.74) is 10.1. The van der Waals surface area contributed by atoms with Crippen molar-refractivity contribution in [1.29, 1.82) is 0 Å². The molecule has 0 spiro atoms. The summed E-state index contributed by atoms with van der Waals surface area (Å²) in [6.45, 7) is 0. The molecule has 0 N–H and O–H groups in total. The summed E-state index contributed by atoms with van der Waals surface area (Å²) in [7, 11) is 0. The summed E-state index contributed by atoms with van der Waals surface area (Å²) < 4.78 is 11.7. The third-order valence-electron chi connectivity index (χ3n) is 10.0. The zero-order chi connectivity index (χ0) is 33.5. The van der Waals surface area contributed by atoms with Crippen LogP contribution in [0.5, 0.6) is 0 Å². The number of hydrogen-bond donors (Lipinski definition) is 0. The first-order valence-electron chi connectivity index (χ1n) is 17.1. The molecule has 0 unspecified atom stereocenters. The van der Waals surface area contributed by atoms with Gasteiger partial charge in [-0.15, -0.1) is 11.3 Å². The van der Waals surface area contributed by atoms with E-state index in [0.717, 1.165) is 61.2 Å². The maximum absolute atomic E-state index is 6.78. The lowest BCUT2D eigenvalue weighted by molar-refractivity contribution is 0.673. The second-order valence-electron chi connectivity index (χ2n) is 12.9. The maximum atomic E-state index is 6.78. The number of furan rings is 1. The maximum Gasteiger partial charge on any atom is 0.160 e.